The van der Waals surface area contributed by atoms with E-state index < -0.39 is 0 Å². The molecule has 0 spiro atoms. The number of carbonyl (C=O) groups is 2. The highest BCUT2D eigenvalue weighted by atomic mass is 16.2. The van der Waals surface area contributed by atoms with Gasteiger partial charge in [0, 0.05) is 51.0 Å². The van der Waals surface area contributed by atoms with Crippen LogP contribution in [0.2, 0.25) is 0 Å². The number of rotatable bonds is 3. The third-order valence-corrected chi connectivity index (χ3v) is 6.00. The zero-order valence-corrected chi connectivity index (χ0v) is 14.9. The van der Waals surface area contributed by atoms with E-state index in [4.69, 9.17) is 0 Å². The third-order valence-electron chi connectivity index (χ3n) is 6.00. The molecule has 7 heteroatoms. The minimum absolute atomic E-state index is 0.0923. The van der Waals surface area contributed by atoms with Crippen LogP contribution in [0.4, 0.5) is 0 Å². The first kappa shape index (κ1) is 16.5. The number of hydrogen-bond acceptors (Lipinski definition) is 4. The first-order valence-electron chi connectivity index (χ1n) is 9.55. The fourth-order valence-electron chi connectivity index (χ4n) is 4.21. The van der Waals surface area contributed by atoms with Crippen molar-refractivity contribution in [2.45, 2.75) is 44.4 Å². The molecule has 0 N–H and O–H groups in total. The van der Waals surface area contributed by atoms with Crippen LogP contribution in [0, 0.1) is 11.8 Å². The lowest BCUT2D eigenvalue weighted by Gasteiger charge is -2.37. The molecule has 3 fully saturated rings. The molecule has 1 aromatic heterocycles. The van der Waals surface area contributed by atoms with E-state index in [0.717, 1.165) is 70.5 Å². The highest BCUT2D eigenvalue weighted by Gasteiger charge is 2.37. The van der Waals surface area contributed by atoms with Gasteiger partial charge in [-0.1, -0.05) is 0 Å². The summed E-state index contributed by atoms with van der Waals surface area (Å²) in [5.74, 6) is 2.40. The van der Waals surface area contributed by atoms with Gasteiger partial charge >= 0.3 is 0 Å². The Morgan fingerprint density at radius 1 is 0.880 bits per heavy atom. The highest BCUT2D eigenvalue weighted by Crippen LogP contribution is 2.33. The van der Waals surface area contributed by atoms with Gasteiger partial charge in [0.15, 0.2) is 0 Å². The van der Waals surface area contributed by atoms with Gasteiger partial charge in [0.05, 0.1) is 0 Å². The quantitative estimate of drug-likeness (QED) is 0.824. The first-order chi connectivity index (χ1) is 12.1. The molecule has 25 heavy (non-hydrogen) atoms. The largest absolute Gasteiger partial charge is 0.342 e. The van der Waals surface area contributed by atoms with Crippen LogP contribution in [0.3, 0.4) is 0 Å². The molecule has 0 radical (unpaired) electrons. The number of piperidine rings is 2. The lowest BCUT2D eigenvalue weighted by atomic mass is 9.91. The van der Waals surface area contributed by atoms with E-state index in [9.17, 15) is 9.59 Å². The van der Waals surface area contributed by atoms with Gasteiger partial charge in [-0.3, -0.25) is 9.59 Å². The Bertz CT molecular complexity index is 638. The molecule has 0 unspecified atom stereocenters. The number of hydrogen-bond donors (Lipinski definition) is 0. The summed E-state index contributed by atoms with van der Waals surface area (Å²) in [6.45, 7) is 3.11. The molecular formula is C18H27N5O2. The summed E-state index contributed by atoms with van der Waals surface area (Å²) in [5.41, 5.74) is 0. The predicted molar refractivity (Wildman–Crippen MR) is 91.6 cm³/mol. The summed E-state index contributed by atoms with van der Waals surface area (Å²) in [6, 6.07) is 0. The smallest absolute Gasteiger partial charge is 0.225 e. The fraction of sp³-hybridized carbons (Fsp3) is 0.778. The Balaban J connectivity index is 1.26. The number of carbonyl (C=O) groups excluding carboxylic acids is 2. The zero-order chi connectivity index (χ0) is 17.4. The molecule has 0 bridgehead atoms. The van der Waals surface area contributed by atoms with Crippen molar-refractivity contribution in [1.82, 2.24) is 24.6 Å². The Kier molecular flexibility index (Phi) is 4.48. The zero-order valence-electron chi connectivity index (χ0n) is 14.9. The number of amides is 2. The van der Waals surface area contributed by atoms with Crippen LogP contribution in [-0.4, -0.2) is 62.6 Å². The van der Waals surface area contributed by atoms with Gasteiger partial charge in [-0.2, -0.15) is 0 Å². The Labute approximate surface area is 148 Å². The summed E-state index contributed by atoms with van der Waals surface area (Å²) in [7, 11) is 1.98. The molecule has 2 aliphatic heterocycles. The minimum atomic E-state index is 0.0923. The van der Waals surface area contributed by atoms with Gasteiger partial charge in [-0.25, -0.2) is 0 Å². The molecule has 0 aromatic carbocycles. The Morgan fingerprint density at radius 3 is 1.88 bits per heavy atom. The second-order valence-electron chi connectivity index (χ2n) is 7.77. The number of aromatic nitrogens is 3. The molecule has 1 saturated carbocycles. The van der Waals surface area contributed by atoms with Gasteiger partial charge < -0.3 is 14.4 Å². The lowest BCUT2D eigenvalue weighted by molar-refractivity contribution is -0.142. The maximum absolute atomic E-state index is 12.8. The normalized spacial score (nSPS) is 23.1. The molecule has 2 saturated heterocycles. The Morgan fingerprint density at radius 2 is 1.40 bits per heavy atom. The van der Waals surface area contributed by atoms with E-state index in [1.807, 2.05) is 21.4 Å². The Hall–Kier alpha value is -1.92. The summed E-state index contributed by atoms with van der Waals surface area (Å²) in [4.78, 5) is 29.0. The van der Waals surface area contributed by atoms with Gasteiger partial charge in [-0.15, -0.1) is 10.2 Å². The molecule has 0 atom stereocenters. The monoisotopic (exact) mass is 345 g/mol. The van der Waals surface area contributed by atoms with Crippen molar-refractivity contribution < 1.29 is 9.59 Å². The molecule has 2 amide bonds. The predicted octanol–water partition coefficient (Wildman–Crippen LogP) is 1.17. The number of likely N-dealkylation sites (tertiary alicyclic amines) is 2. The third kappa shape index (κ3) is 3.41. The number of aryl methyl sites for hydroxylation is 1. The SMILES string of the molecule is Cn1cnnc1C1CCN(C(=O)C2CCN(C(=O)C3CC3)CC2)CC1. The van der Waals surface area contributed by atoms with Crippen LogP contribution < -0.4 is 0 Å². The average molecular weight is 345 g/mol. The average Bonchev–Trinajstić information content (AvgIpc) is 3.42. The maximum atomic E-state index is 12.8. The first-order valence-corrected chi connectivity index (χ1v) is 9.55. The van der Waals surface area contributed by atoms with Crippen LogP contribution in [0.1, 0.15) is 50.3 Å². The maximum Gasteiger partial charge on any atom is 0.225 e. The van der Waals surface area contributed by atoms with Crippen molar-refractivity contribution in [3.8, 4) is 0 Å². The van der Waals surface area contributed by atoms with E-state index >= 15 is 0 Å². The van der Waals surface area contributed by atoms with Crippen molar-refractivity contribution in [2.75, 3.05) is 26.2 Å². The molecule has 136 valence electrons. The van der Waals surface area contributed by atoms with Crippen molar-refractivity contribution in [1.29, 1.82) is 0 Å². The van der Waals surface area contributed by atoms with E-state index in [1.165, 1.54) is 0 Å². The van der Waals surface area contributed by atoms with E-state index in [0.29, 0.717) is 11.8 Å². The van der Waals surface area contributed by atoms with Gasteiger partial charge in [0.25, 0.3) is 0 Å². The van der Waals surface area contributed by atoms with Crippen molar-refractivity contribution in [3.63, 3.8) is 0 Å². The molecule has 1 aliphatic carbocycles. The highest BCUT2D eigenvalue weighted by molar-refractivity contribution is 5.82. The van der Waals surface area contributed by atoms with Crippen molar-refractivity contribution >= 4 is 11.8 Å². The molecule has 3 heterocycles. The van der Waals surface area contributed by atoms with Gasteiger partial charge in [0.2, 0.25) is 11.8 Å². The summed E-state index contributed by atoms with van der Waals surface area (Å²) < 4.78 is 1.98. The molecule has 1 aromatic rings. The van der Waals surface area contributed by atoms with Crippen molar-refractivity contribution in [2.24, 2.45) is 18.9 Å². The molecular weight excluding hydrogens is 318 g/mol. The van der Waals surface area contributed by atoms with Crippen LogP contribution in [0.5, 0.6) is 0 Å². The summed E-state index contributed by atoms with van der Waals surface area (Å²) >= 11 is 0. The van der Waals surface area contributed by atoms with Crippen LogP contribution >= 0.6 is 0 Å². The van der Waals surface area contributed by atoms with E-state index in [-0.39, 0.29) is 17.7 Å². The van der Waals surface area contributed by atoms with Crippen LogP contribution in [-0.2, 0) is 16.6 Å². The lowest BCUT2D eigenvalue weighted by Crippen LogP contribution is -2.46. The minimum Gasteiger partial charge on any atom is -0.342 e. The summed E-state index contributed by atoms with van der Waals surface area (Å²) in [6.07, 6.45) is 7.40. The molecule has 7 nitrogen and oxygen atoms in total. The standard InChI is InChI=1S/C18H27N5O2/c1-21-12-19-20-16(21)13-4-8-22(9-5-13)18(25)15-6-10-23(11-7-15)17(24)14-2-3-14/h12-15H,2-11H2,1H3. The second kappa shape index (κ2) is 6.77. The molecule has 4 rings (SSSR count). The number of nitrogens with zero attached hydrogens (tertiary/aromatic N) is 5. The van der Waals surface area contributed by atoms with Crippen molar-refractivity contribution in [3.05, 3.63) is 12.2 Å². The van der Waals surface area contributed by atoms with Gasteiger partial charge in [-0.05, 0) is 38.5 Å². The molecule has 3 aliphatic rings. The van der Waals surface area contributed by atoms with E-state index in [2.05, 4.69) is 10.2 Å². The summed E-state index contributed by atoms with van der Waals surface area (Å²) in [5, 5.41) is 8.18. The topological polar surface area (TPSA) is 71.3 Å². The van der Waals surface area contributed by atoms with Crippen LogP contribution in [0.25, 0.3) is 0 Å². The van der Waals surface area contributed by atoms with Crippen LogP contribution in [0.15, 0.2) is 6.33 Å². The van der Waals surface area contributed by atoms with E-state index in [1.54, 1.807) is 6.33 Å². The second-order valence-corrected chi connectivity index (χ2v) is 7.77. The van der Waals surface area contributed by atoms with Gasteiger partial charge in [0.1, 0.15) is 12.2 Å². The fourth-order valence-corrected chi connectivity index (χ4v) is 4.21.